The van der Waals surface area contributed by atoms with E-state index in [1.54, 1.807) is 0 Å². The van der Waals surface area contributed by atoms with Crippen molar-refractivity contribution in [3.63, 3.8) is 0 Å². The molecule has 0 heterocycles. The summed E-state index contributed by atoms with van der Waals surface area (Å²) in [6, 6.07) is 0. The Morgan fingerprint density at radius 1 is 1.03 bits per heavy atom. The van der Waals surface area contributed by atoms with E-state index in [2.05, 4.69) is 20.8 Å². The molecule has 0 aromatic rings. The van der Waals surface area contributed by atoms with Crippen molar-refractivity contribution < 1.29 is 14.6 Å². The third-order valence-corrected chi connectivity index (χ3v) is 10.5. The first-order valence-electron chi connectivity index (χ1n) is 12.6. The molecule has 4 rings (SSSR count). The Labute approximate surface area is 178 Å². The summed E-state index contributed by atoms with van der Waals surface area (Å²) in [7, 11) is 0. The molecule has 29 heavy (non-hydrogen) atoms. The topological polar surface area (TPSA) is 46.5 Å². The molecule has 0 aromatic carbocycles. The van der Waals surface area contributed by atoms with E-state index in [1.165, 1.54) is 44.9 Å². The fourth-order valence-electron chi connectivity index (χ4n) is 8.99. The fourth-order valence-corrected chi connectivity index (χ4v) is 8.99. The van der Waals surface area contributed by atoms with Crippen LogP contribution in [0.2, 0.25) is 0 Å². The van der Waals surface area contributed by atoms with Crippen LogP contribution in [0.4, 0.5) is 0 Å². The highest BCUT2D eigenvalue weighted by molar-refractivity contribution is 5.69. The van der Waals surface area contributed by atoms with Gasteiger partial charge in [0.1, 0.15) is 0 Å². The van der Waals surface area contributed by atoms with Gasteiger partial charge in [-0.2, -0.15) is 0 Å². The molecule has 4 aliphatic rings. The second-order valence-electron chi connectivity index (χ2n) is 11.6. The standard InChI is InChI=1S/C26H44O3/c1-5-29-24(28)11-6-17(2)21-9-10-22-20-8-7-18-16-19(27)12-14-25(18,3)23(20)13-15-26(21,22)4/h17-23,27H,5-16H2,1-4H3. The second-order valence-corrected chi connectivity index (χ2v) is 11.6. The number of esters is 1. The van der Waals surface area contributed by atoms with Gasteiger partial charge >= 0.3 is 5.97 Å². The molecular formula is C26H44O3. The highest BCUT2D eigenvalue weighted by atomic mass is 16.5. The lowest BCUT2D eigenvalue weighted by atomic mass is 9.44. The molecular weight excluding hydrogens is 360 g/mol. The molecule has 9 atom stereocenters. The molecule has 0 radical (unpaired) electrons. The van der Waals surface area contributed by atoms with E-state index in [1.807, 2.05) is 6.92 Å². The minimum absolute atomic E-state index is 0.0199. The van der Waals surface area contributed by atoms with Crippen LogP contribution in [-0.2, 0) is 9.53 Å². The number of hydrogen-bond acceptors (Lipinski definition) is 3. The quantitative estimate of drug-likeness (QED) is 0.573. The molecule has 3 nitrogen and oxygen atoms in total. The van der Waals surface area contributed by atoms with Gasteiger partial charge in [-0.25, -0.2) is 0 Å². The molecule has 0 amide bonds. The van der Waals surface area contributed by atoms with Crippen molar-refractivity contribution >= 4 is 5.97 Å². The summed E-state index contributed by atoms with van der Waals surface area (Å²) < 4.78 is 5.17. The van der Waals surface area contributed by atoms with E-state index in [9.17, 15) is 9.90 Å². The van der Waals surface area contributed by atoms with Gasteiger partial charge < -0.3 is 9.84 Å². The van der Waals surface area contributed by atoms with Crippen molar-refractivity contribution in [2.45, 2.75) is 104 Å². The maximum Gasteiger partial charge on any atom is 0.305 e. The molecule has 0 spiro atoms. The zero-order chi connectivity index (χ0) is 20.8. The van der Waals surface area contributed by atoms with Crippen molar-refractivity contribution in [2.75, 3.05) is 6.61 Å². The van der Waals surface area contributed by atoms with Crippen molar-refractivity contribution in [1.29, 1.82) is 0 Å². The molecule has 166 valence electrons. The number of rotatable bonds is 5. The zero-order valence-electron chi connectivity index (χ0n) is 19.3. The number of aliphatic hydroxyl groups is 1. The van der Waals surface area contributed by atoms with Gasteiger partial charge in [0.15, 0.2) is 0 Å². The van der Waals surface area contributed by atoms with Crippen molar-refractivity contribution in [1.82, 2.24) is 0 Å². The molecule has 0 aromatic heterocycles. The summed E-state index contributed by atoms with van der Waals surface area (Å²) in [5.74, 6) is 4.75. The second kappa shape index (κ2) is 8.17. The molecule has 0 bridgehead atoms. The van der Waals surface area contributed by atoms with Crippen molar-refractivity contribution in [2.24, 2.45) is 46.3 Å². The minimum Gasteiger partial charge on any atom is -0.466 e. The van der Waals surface area contributed by atoms with Gasteiger partial charge in [0.2, 0.25) is 0 Å². The fraction of sp³-hybridized carbons (Fsp3) is 0.962. The molecule has 0 aliphatic heterocycles. The van der Waals surface area contributed by atoms with Crippen molar-refractivity contribution in [3.8, 4) is 0 Å². The Morgan fingerprint density at radius 2 is 1.76 bits per heavy atom. The van der Waals surface area contributed by atoms with Crippen LogP contribution in [0, 0.1) is 46.3 Å². The molecule has 0 saturated heterocycles. The van der Waals surface area contributed by atoms with Crippen LogP contribution >= 0.6 is 0 Å². The Morgan fingerprint density at radius 3 is 2.52 bits per heavy atom. The van der Waals surface area contributed by atoms with Gasteiger partial charge in [-0.3, -0.25) is 4.79 Å². The molecule has 3 heteroatoms. The molecule has 4 aliphatic carbocycles. The van der Waals surface area contributed by atoms with Crippen LogP contribution in [0.5, 0.6) is 0 Å². The summed E-state index contributed by atoms with van der Waals surface area (Å²) in [6.45, 7) is 9.97. The third kappa shape index (κ3) is 3.68. The first kappa shape index (κ1) is 21.7. The average Bonchev–Trinajstić information content (AvgIpc) is 3.04. The zero-order valence-corrected chi connectivity index (χ0v) is 19.3. The SMILES string of the molecule is CCOC(=O)CCC(C)C1CCC2C3CCC4CC(O)CCC4(C)C3CCC12C. The highest BCUT2D eigenvalue weighted by Crippen LogP contribution is 2.68. The maximum atomic E-state index is 11.9. The lowest BCUT2D eigenvalue weighted by Crippen LogP contribution is -2.54. The molecule has 4 fully saturated rings. The summed E-state index contributed by atoms with van der Waals surface area (Å²) in [5.41, 5.74) is 0.934. The van der Waals surface area contributed by atoms with E-state index < -0.39 is 0 Å². The lowest BCUT2D eigenvalue weighted by molar-refractivity contribution is -0.144. The van der Waals surface area contributed by atoms with Crippen LogP contribution in [-0.4, -0.2) is 23.8 Å². The van der Waals surface area contributed by atoms with Crippen LogP contribution in [0.25, 0.3) is 0 Å². The highest BCUT2D eigenvalue weighted by Gasteiger charge is 2.60. The summed E-state index contributed by atoms with van der Waals surface area (Å²) >= 11 is 0. The number of aliphatic hydroxyl groups excluding tert-OH is 1. The largest absolute Gasteiger partial charge is 0.466 e. The summed E-state index contributed by atoms with van der Waals surface area (Å²) in [4.78, 5) is 11.9. The number of fused-ring (bicyclic) bond motifs is 5. The van der Waals surface area contributed by atoms with Gasteiger partial charge in [-0.05, 0) is 117 Å². The first-order chi connectivity index (χ1) is 13.8. The van der Waals surface area contributed by atoms with E-state index in [-0.39, 0.29) is 12.1 Å². The van der Waals surface area contributed by atoms with Crippen molar-refractivity contribution in [3.05, 3.63) is 0 Å². The minimum atomic E-state index is -0.0467. The van der Waals surface area contributed by atoms with Crippen LogP contribution < -0.4 is 0 Å². The predicted octanol–water partition coefficient (Wildman–Crippen LogP) is 5.99. The summed E-state index contributed by atoms with van der Waals surface area (Å²) in [5, 5.41) is 10.2. The van der Waals surface area contributed by atoms with Gasteiger partial charge in [-0.1, -0.05) is 20.8 Å². The summed E-state index contributed by atoms with van der Waals surface area (Å²) in [6.07, 6.45) is 13.1. The van der Waals surface area contributed by atoms with Crippen LogP contribution in [0.1, 0.15) is 98.3 Å². The van der Waals surface area contributed by atoms with E-state index in [4.69, 9.17) is 4.74 Å². The first-order valence-corrected chi connectivity index (χ1v) is 12.6. The van der Waals surface area contributed by atoms with Gasteiger partial charge in [-0.15, -0.1) is 0 Å². The Hall–Kier alpha value is -0.570. The number of ether oxygens (including phenoxy) is 1. The van der Waals surface area contributed by atoms with Gasteiger partial charge in [0.05, 0.1) is 12.7 Å². The Bertz CT molecular complexity index is 603. The monoisotopic (exact) mass is 404 g/mol. The van der Waals surface area contributed by atoms with E-state index in [0.717, 1.165) is 48.9 Å². The smallest absolute Gasteiger partial charge is 0.305 e. The number of carbonyl (C=O) groups is 1. The molecule has 4 saturated carbocycles. The Kier molecular flexibility index (Phi) is 6.10. The third-order valence-electron chi connectivity index (χ3n) is 10.5. The van der Waals surface area contributed by atoms with Crippen LogP contribution in [0.15, 0.2) is 0 Å². The van der Waals surface area contributed by atoms with Crippen LogP contribution in [0.3, 0.4) is 0 Å². The number of carbonyl (C=O) groups excluding carboxylic acids is 1. The average molecular weight is 405 g/mol. The van der Waals surface area contributed by atoms with Gasteiger partial charge in [0, 0.05) is 6.42 Å². The lowest BCUT2D eigenvalue weighted by Gasteiger charge is -2.61. The van der Waals surface area contributed by atoms with E-state index >= 15 is 0 Å². The number of hydrogen-bond donors (Lipinski definition) is 1. The maximum absolute atomic E-state index is 11.9. The van der Waals surface area contributed by atoms with E-state index in [0.29, 0.717) is 29.8 Å². The molecule has 9 unspecified atom stereocenters. The molecule has 1 N–H and O–H groups in total. The Balaban J connectivity index is 1.45. The normalized spacial score (nSPS) is 47.6. The predicted molar refractivity (Wildman–Crippen MR) is 116 cm³/mol. The van der Waals surface area contributed by atoms with Gasteiger partial charge in [0.25, 0.3) is 0 Å².